The smallest absolute Gasteiger partial charge is 0.350 e. The van der Waals surface area contributed by atoms with Gasteiger partial charge in [-0.2, -0.15) is 23.3 Å². The maximum Gasteiger partial charge on any atom is 0.416 e. The number of H-pyrrole nitrogens is 1. The molecule has 0 saturated heterocycles. The standard InChI is InChI=1S/C32H27F4N5O2S/c1-20(25-15-38-39-16-25)28-17-41(31(40-30(28)43)44-19-22-4-12-27(33)13-5-22)18-29(42)37-14-21-2-6-23(7-3-21)24-8-10-26(11-9-24)32(34,35)36/h2-13,15-17,20H,14,18-19H2,1H3,(H,37,42)(H,38,39). The highest BCUT2D eigenvalue weighted by Gasteiger charge is 2.30. The van der Waals surface area contributed by atoms with Crippen molar-refractivity contribution >= 4 is 17.7 Å². The van der Waals surface area contributed by atoms with Crippen molar-refractivity contribution in [3.63, 3.8) is 0 Å². The number of halogens is 4. The average molecular weight is 622 g/mol. The van der Waals surface area contributed by atoms with Gasteiger partial charge in [0.05, 0.1) is 11.8 Å². The van der Waals surface area contributed by atoms with Crippen molar-refractivity contribution in [2.45, 2.75) is 43.0 Å². The summed E-state index contributed by atoms with van der Waals surface area (Å²) in [7, 11) is 0. The summed E-state index contributed by atoms with van der Waals surface area (Å²) in [5.74, 6) is -0.566. The van der Waals surface area contributed by atoms with E-state index in [4.69, 9.17) is 0 Å². The van der Waals surface area contributed by atoms with Gasteiger partial charge >= 0.3 is 6.18 Å². The van der Waals surface area contributed by atoms with E-state index in [1.807, 2.05) is 6.92 Å². The van der Waals surface area contributed by atoms with E-state index in [9.17, 15) is 27.2 Å². The van der Waals surface area contributed by atoms with E-state index in [2.05, 4.69) is 20.5 Å². The Morgan fingerprint density at radius 3 is 2.23 bits per heavy atom. The Morgan fingerprint density at radius 1 is 0.977 bits per heavy atom. The zero-order valence-electron chi connectivity index (χ0n) is 23.4. The molecule has 226 valence electrons. The number of benzene rings is 3. The lowest BCUT2D eigenvalue weighted by Gasteiger charge is -2.16. The number of aromatic nitrogens is 4. The summed E-state index contributed by atoms with van der Waals surface area (Å²) in [4.78, 5) is 30.3. The number of amides is 1. The molecule has 1 atom stereocenters. The third-order valence-electron chi connectivity index (χ3n) is 7.05. The van der Waals surface area contributed by atoms with Crippen molar-refractivity contribution in [3.8, 4) is 11.1 Å². The van der Waals surface area contributed by atoms with Crippen LogP contribution in [0.25, 0.3) is 11.1 Å². The molecule has 0 fully saturated rings. The largest absolute Gasteiger partial charge is 0.416 e. The van der Waals surface area contributed by atoms with Crippen LogP contribution in [0, 0.1) is 5.82 Å². The highest BCUT2D eigenvalue weighted by atomic mass is 32.2. The van der Waals surface area contributed by atoms with E-state index in [1.54, 1.807) is 59.6 Å². The molecule has 1 unspecified atom stereocenters. The van der Waals surface area contributed by atoms with Crippen molar-refractivity contribution in [1.29, 1.82) is 0 Å². The van der Waals surface area contributed by atoms with Crippen LogP contribution in [0.5, 0.6) is 0 Å². The number of carbonyl (C=O) groups excluding carboxylic acids is 1. The number of thioether (sulfide) groups is 1. The number of nitrogens with one attached hydrogen (secondary N) is 2. The van der Waals surface area contributed by atoms with Crippen molar-refractivity contribution < 1.29 is 22.4 Å². The third-order valence-corrected chi connectivity index (χ3v) is 8.12. The molecule has 0 spiro atoms. The summed E-state index contributed by atoms with van der Waals surface area (Å²) in [6.07, 6.45) is 0.564. The van der Waals surface area contributed by atoms with Crippen molar-refractivity contribution in [1.82, 2.24) is 25.1 Å². The molecule has 0 aliphatic carbocycles. The van der Waals surface area contributed by atoms with Crippen molar-refractivity contribution in [3.05, 3.63) is 135 Å². The second-order valence-corrected chi connectivity index (χ2v) is 11.1. The van der Waals surface area contributed by atoms with Gasteiger partial charge in [0.2, 0.25) is 5.91 Å². The number of nitrogens with zero attached hydrogens (tertiary/aromatic N) is 3. The van der Waals surface area contributed by atoms with Gasteiger partial charge in [-0.15, -0.1) is 0 Å². The van der Waals surface area contributed by atoms with Gasteiger partial charge < -0.3 is 9.88 Å². The molecule has 0 aliphatic heterocycles. The summed E-state index contributed by atoms with van der Waals surface area (Å²) >= 11 is 1.26. The molecule has 0 aliphatic rings. The van der Waals surface area contributed by atoms with Crippen LogP contribution in [0.2, 0.25) is 0 Å². The van der Waals surface area contributed by atoms with Crippen molar-refractivity contribution in [2.24, 2.45) is 0 Å². The lowest BCUT2D eigenvalue weighted by atomic mass is 9.98. The van der Waals surface area contributed by atoms with Crippen LogP contribution in [0.3, 0.4) is 0 Å². The van der Waals surface area contributed by atoms with Crippen LogP contribution >= 0.6 is 11.8 Å². The molecule has 0 saturated carbocycles. The van der Waals surface area contributed by atoms with Gasteiger partial charge in [-0.25, -0.2) is 4.39 Å². The fourth-order valence-electron chi connectivity index (χ4n) is 4.50. The van der Waals surface area contributed by atoms with Crippen LogP contribution in [0.15, 0.2) is 101 Å². The van der Waals surface area contributed by atoms with Gasteiger partial charge in [0, 0.05) is 36.2 Å². The molecular weight excluding hydrogens is 594 g/mol. The summed E-state index contributed by atoms with van der Waals surface area (Å²) in [6, 6.07) is 18.1. The number of rotatable bonds is 10. The number of carbonyl (C=O) groups is 1. The zero-order chi connectivity index (χ0) is 31.3. The van der Waals surface area contributed by atoms with Gasteiger partial charge in [-0.1, -0.05) is 67.2 Å². The minimum absolute atomic E-state index is 0.103. The molecule has 2 N–H and O–H groups in total. The van der Waals surface area contributed by atoms with E-state index in [0.29, 0.717) is 22.0 Å². The summed E-state index contributed by atoms with van der Waals surface area (Å²) in [5, 5.41) is 9.91. The molecular formula is C32H27F4N5O2S. The molecule has 12 heteroatoms. The molecule has 1 amide bonds. The first-order chi connectivity index (χ1) is 21.1. The highest BCUT2D eigenvalue weighted by molar-refractivity contribution is 7.98. The van der Waals surface area contributed by atoms with E-state index >= 15 is 0 Å². The number of alkyl halides is 3. The van der Waals surface area contributed by atoms with Crippen LogP contribution < -0.4 is 10.9 Å². The first-order valence-corrected chi connectivity index (χ1v) is 14.6. The summed E-state index contributed by atoms with van der Waals surface area (Å²) in [5.41, 5.74) is 3.10. The molecule has 3 aromatic carbocycles. The molecule has 2 heterocycles. The summed E-state index contributed by atoms with van der Waals surface area (Å²) < 4.78 is 53.6. The Labute approximate surface area is 254 Å². The lowest BCUT2D eigenvalue weighted by molar-refractivity contribution is -0.137. The molecule has 5 aromatic rings. The SMILES string of the molecule is CC(c1cn[nH]c1)c1cn(CC(=O)NCc2ccc(-c3ccc(C(F)(F)F)cc3)cc2)c(SCc2ccc(F)cc2)nc1=O. The Kier molecular flexibility index (Phi) is 9.29. The second kappa shape index (κ2) is 13.3. The molecule has 5 rings (SSSR count). The Morgan fingerprint density at radius 2 is 1.61 bits per heavy atom. The molecule has 0 radical (unpaired) electrons. The predicted octanol–water partition coefficient (Wildman–Crippen LogP) is 6.55. The van der Waals surface area contributed by atoms with Crippen LogP contribution in [0.4, 0.5) is 17.6 Å². The zero-order valence-corrected chi connectivity index (χ0v) is 24.3. The van der Waals surface area contributed by atoms with E-state index < -0.39 is 17.3 Å². The fraction of sp³-hybridized carbons (Fsp3) is 0.188. The van der Waals surface area contributed by atoms with Gasteiger partial charge in [0.1, 0.15) is 12.4 Å². The maximum absolute atomic E-state index is 13.3. The summed E-state index contributed by atoms with van der Waals surface area (Å²) in [6.45, 7) is 1.97. The molecule has 44 heavy (non-hydrogen) atoms. The van der Waals surface area contributed by atoms with E-state index in [1.165, 1.54) is 36.0 Å². The van der Waals surface area contributed by atoms with Crippen molar-refractivity contribution in [2.75, 3.05) is 0 Å². The molecule has 7 nitrogen and oxygen atoms in total. The minimum Gasteiger partial charge on any atom is -0.350 e. The first kappa shape index (κ1) is 30.7. The molecule has 2 aromatic heterocycles. The van der Waals surface area contributed by atoms with Crippen LogP contribution in [-0.2, 0) is 29.8 Å². The lowest BCUT2D eigenvalue weighted by Crippen LogP contribution is -2.30. The number of hydrogen-bond donors (Lipinski definition) is 2. The number of aromatic amines is 1. The Hall–Kier alpha value is -4.71. The first-order valence-electron chi connectivity index (χ1n) is 13.6. The number of hydrogen-bond acceptors (Lipinski definition) is 5. The minimum atomic E-state index is -4.40. The quantitative estimate of drug-likeness (QED) is 0.105. The maximum atomic E-state index is 13.3. The fourth-order valence-corrected chi connectivity index (χ4v) is 5.42. The van der Waals surface area contributed by atoms with Gasteiger partial charge in [-0.3, -0.25) is 14.7 Å². The molecule has 0 bridgehead atoms. The third kappa shape index (κ3) is 7.62. The van der Waals surface area contributed by atoms with Gasteiger partial charge in [-0.05, 0) is 52.1 Å². The Balaban J connectivity index is 1.28. The highest BCUT2D eigenvalue weighted by Crippen LogP contribution is 2.31. The van der Waals surface area contributed by atoms with Gasteiger partial charge in [0.15, 0.2) is 5.16 Å². The van der Waals surface area contributed by atoms with Crippen LogP contribution in [0.1, 0.15) is 40.7 Å². The van der Waals surface area contributed by atoms with E-state index in [-0.39, 0.29) is 30.7 Å². The Bertz CT molecular complexity index is 1770. The van der Waals surface area contributed by atoms with Crippen LogP contribution in [-0.4, -0.2) is 25.7 Å². The monoisotopic (exact) mass is 621 g/mol. The average Bonchev–Trinajstić information content (AvgIpc) is 3.56. The normalized spacial score (nSPS) is 12.2. The topological polar surface area (TPSA) is 92.7 Å². The predicted molar refractivity (Wildman–Crippen MR) is 159 cm³/mol. The second-order valence-electron chi connectivity index (χ2n) is 10.1. The van der Waals surface area contributed by atoms with E-state index in [0.717, 1.165) is 34.4 Å². The van der Waals surface area contributed by atoms with Gasteiger partial charge in [0.25, 0.3) is 5.56 Å².